The average Bonchev–Trinajstić information content (AvgIpc) is 3.48. The minimum absolute atomic E-state index is 0. The predicted molar refractivity (Wildman–Crippen MR) is 129 cm³/mol. The fourth-order valence-corrected chi connectivity index (χ4v) is 4.97. The maximum absolute atomic E-state index is 13.7. The SMILES string of the molecule is Cc1cc(S(N)(=O)=O)ccc1-c1cc(NC(=O)C2(c3ccc4c(c3)OCO4)CC2)cc(C(F)(F)F)c1.[HH].[HH]. The number of anilines is 1. The number of nitrogens with two attached hydrogens (primary N) is 1. The van der Waals surface area contributed by atoms with E-state index >= 15 is 0 Å². The molecule has 0 atom stereocenters. The number of hydrogen-bond donors (Lipinski definition) is 2. The van der Waals surface area contributed by atoms with Gasteiger partial charge >= 0.3 is 6.18 Å². The van der Waals surface area contributed by atoms with Crippen LogP contribution in [-0.4, -0.2) is 21.1 Å². The maximum Gasteiger partial charge on any atom is 0.416 e. The molecule has 1 saturated carbocycles. The first-order chi connectivity index (χ1) is 16.9. The van der Waals surface area contributed by atoms with E-state index in [-0.39, 0.29) is 25.8 Å². The lowest BCUT2D eigenvalue weighted by molar-refractivity contribution is -0.137. The molecular formula is C25H25F3N2O5S. The Labute approximate surface area is 208 Å². The summed E-state index contributed by atoms with van der Waals surface area (Å²) in [5, 5.41) is 7.82. The highest BCUT2D eigenvalue weighted by Crippen LogP contribution is 2.51. The Balaban J connectivity index is 0.00000200. The molecule has 3 aromatic rings. The zero-order chi connectivity index (χ0) is 25.9. The molecular weight excluding hydrogens is 497 g/mol. The van der Waals surface area contributed by atoms with Gasteiger partial charge < -0.3 is 14.8 Å². The van der Waals surface area contributed by atoms with Crippen molar-refractivity contribution in [1.29, 1.82) is 0 Å². The van der Waals surface area contributed by atoms with Crippen LogP contribution in [0.3, 0.4) is 0 Å². The number of aryl methyl sites for hydroxylation is 1. The van der Waals surface area contributed by atoms with Crippen LogP contribution in [0.2, 0.25) is 0 Å². The quantitative estimate of drug-likeness (QED) is 0.478. The summed E-state index contributed by atoms with van der Waals surface area (Å²) in [5.41, 5.74) is -0.178. The molecule has 1 aliphatic carbocycles. The van der Waals surface area contributed by atoms with Crippen molar-refractivity contribution in [2.24, 2.45) is 5.14 Å². The fraction of sp³-hybridized carbons (Fsp3) is 0.240. The van der Waals surface area contributed by atoms with Crippen molar-refractivity contribution < 1.29 is 38.7 Å². The first-order valence-corrected chi connectivity index (χ1v) is 12.5. The number of benzene rings is 3. The Morgan fingerprint density at radius 2 is 1.75 bits per heavy atom. The van der Waals surface area contributed by atoms with Crippen LogP contribution in [0.4, 0.5) is 18.9 Å². The molecule has 5 rings (SSSR count). The number of nitrogens with one attached hydrogen (secondary N) is 1. The van der Waals surface area contributed by atoms with Crippen LogP contribution in [0, 0.1) is 6.92 Å². The molecule has 192 valence electrons. The van der Waals surface area contributed by atoms with Crippen LogP contribution in [0.15, 0.2) is 59.5 Å². The summed E-state index contributed by atoms with van der Waals surface area (Å²) in [7, 11) is -3.97. The first kappa shape index (κ1) is 24.1. The third kappa shape index (κ3) is 4.40. The molecule has 0 radical (unpaired) electrons. The van der Waals surface area contributed by atoms with Crippen molar-refractivity contribution >= 4 is 21.6 Å². The van der Waals surface area contributed by atoms with Gasteiger partial charge in [-0.2, -0.15) is 13.2 Å². The highest BCUT2D eigenvalue weighted by atomic mass is 32.2. The third-order valence-electron chi connectivity index (χ3n) is 6.47. The van der Waals surface area contributed by atoms with Crippen molar-refractivity contribution in [3.05, 3.63) is 71.3 Å². The van der Waals surface area contributed by atoms with Gasteiger partial charge in [-0.05, 0) is 84.5 Å². The number of ether oxygens (including phenoxy) is 2. The molecule has 0 unspecified atom stereocenters. The zero-order valence-electron chi connectivity index (χ0n) is 19.0. The number of halogens is 3. The van der Waals surface area contributed by atoms with E-state index in [1.54, 1.807) is 25.1 Å². The second-order valence-corrected chi connectivity index (χ2v) is 10.5. The minimum atomic E-state index is -4.67. The summed E-state index contributed by atoms with van der Waals surface area (Å²) in [4.78, 5) is 13.1. The topological polar surface area (TPSA) is 108 Å². The van der Waals surface area contributed by atoms with Crippen molar-refractivity contribution in [3.63, 3.8) is 0 Å². The van der Waals surface area contributed by atoms with Crippen molar-refractivity contribution in [3.8, 4) is 22.6 Å². The normalized spacial score (nSPS) is 16.0. The van der Waals surface area contributed by atoms with Gasteiger partial charge in [-0.25, -0.2) is 13.6 Å². The number of rotatable bonds is 5. The molecule has 0 spiro atoms. The van der Waals surface area contributed by atoms with Crippen LogP contribution in [0.1, 0.15) is 32.4 Å². The summed E-state index contributed by atoms with van der Waals surface area (Å²) < 4.78 is 75.2. The van der Waals surface area contributed by atoms with Gasteiger partial charge in [-0.3, -0.25) is 4.79 Å². The first-order valence-electron chi connectivity index (χ1n) is 10.9. The second kappa shape index (κ2) is 8.24. The molecule has 36 heavy (non-hydrogen) atoms. The van der Waals surface area contributed by atoms with Crippen molar-refractivity contribution in [2.75, 3.05) is 12.1 Å². The molecule has 1 heterocycles. The second-order valence-electron chi connectivity index (χ2n) is 8.92. The number of primary sulfonamides is 1. The number of carbonyl (C=O) groups is 1. The van der Waals surface area contributed by atoms with E-state index < -0.39 is 33.1 Å². The molecule has 3 N–H and O–H groups in total. The molecule has 1 aliphatic heterocycles. The average molecular weight is 523 g/mol. The Morgan fingerprint density at radius 1 is 1.03 bits per heavy atom. The van der Waals surface area contributed by atoms with Gasteiger partial charge in [0.2, 0.25) is 22.7 Å². The lowest BCUT2D eigenvalue weighted by Crippen LogP contribution is -2.28. The fourth-order valence-electron chi connectivity index (χ4n) is 4.37. The van der Waals surface area contributed by atoms with Crippen molar-refractivity contribution in [1.82, 2.24) is 0 Å². The number of hydrogen-bond acceptors (Lipinski definition) is 5. The molecule has 0 bridgehead atoms. The molecule has 1 fully saturated rings. The molecule has 3 aromatic carbocycles. The molecule has 0 saturated heterocycles. The summed E-state index contributed by atoms with van der Waals surface area (Å²) in [6.45, 7) is 1.66. The Bertz CT molecular complexity index is 1510. The Hall–Kier alpha value is -3.57. The van der Waals surface area contributed by atoms with Crippen LogP contribution in [0.25, 0.3) is 11.1 Å². The highest BCUT2D eigenvalue weighted by molar-refractivity contribution is 7.89. The smallest absolute Gasteiger partial charge is 0.416 e. The Morgan fingerprint density at radius 3 is 2.39 bits per heavy atom. The van der Waals surface area contributed by atoms with E-state index in [2.05, 4.69) is 5.32 Å². The van der Waals surface area contributed by atoms with Gasteiger partial charge in [0.05, 0.1) is 15.9 Å². The van der Waals surface area contributed by atoms with E-state index in [1.165, 1.54) is 24.3 Å². The molecule has 2 aliphatic rings. The number of sulfonamides is 1. The highest BCUT2D eigenvalue weighted by Gasteiger charge is 2.51. The Kier molecular flexibility index (Phi) is 5.53. The third-order valence-corrected chi connectivity index (χ3v) is 7.38. The van der Waals surface area contributed by atoms with E-state index in [4.69, 9.17) is 14.6 Å². The van der Waals surface area contributed by atoms with Gasteiger partial charge in [-0.15, -0.1) is 0 Å². The number of alkyl halides is 3. The molecule has 7 nitrogen and oxygen atoms in total. The van der Waals surface area contributed by atoms with Crippen LogP contribution in [-0.2, 0) is 26.4 Å². The minimum Gasteiger partial charge on any atom is -0.454 e. The van der Waals surface area contributed by atoms with Crippen LogP contribution < -0.4 is 19.9 Å². The van der Waals surface area contributed by atoms with E-state index in [9.17, 15) is 26.4 Å². The maximum atomic E-state index is 13.7. The monoisotopic (exact) mass is 522 g/mol. The lowest BCUT2D eigenvalue weighted by Gasteiger charge is -2.19. The van der Waals surface area contributed by atoms with Gasteiger partial charge in [0.1, 0.15) is 0 Å². The van der Waals surface area contributed by atoms with Gasteiger partial charge in [0.15, 0.2) is 11.5 Å². The predicted octanol–water partition coefficient (Wildman–Crippen LogP) is 5.22. The summed E-state index contributed by atoms with van der Waals surface area (Å²) in [6, 6.07) is 12.4. The largest absolute Gasteiger partial charge is 0.454 e. The lowest BCUT2D eigenvalue weighted by atomic mass is 9.94. The standard InChI is InChI=1S/C25H21F3N2O5S.2H2/c1-14-8-19(36(29,32)33)3-4-20(14)15-9-17(25(26,27)28)11-18(10-15)30-23(31)24(6-7-24)16-2-5-21-22(12-16)35-13-34-21;;/h2-5,8-12H,6-7,13H2,1H3,(H,30,31)(H2,29,32,33);2*1H. The molecule has 11 heteroatoms. The van der Waals surface area contributed by atoms with Gasteiger partial charge in [0.25, 0.3) is 0 Å². The number of fused-ring (bicyclic) bond motifs is 1. The summed E-state index contributed by atoms with van der Waals surface area (Å²) in [5.74, 6) is 0.667. The van der Waals surface area contributed by atoms with E-state index in [1.807, 2.05) is 0 Å². The van der Waals surface area contributed by atoms with Crippen LogP contribution in [0.5, 0.6) is 11.5 Å². The van der Waals surface area contributed by atoms with E-state index in [0.717, 1.165) is 12.1 Å². The molecule has 1 amide bonds. The van der Waals surface area contributed by atoms with E-state index in [0.29, 0.717) is 41.0 Å². The van der Waals surface area contributed by atoms with Crippen molar-refractivity contribution in [2.45, 2.75) is 36.3 Å². The zero-order valence-corrected chi connectivity index (χ0v) is 19.8. The summed E-state index contributed by atoms with van der Waals surface area (Å²) in [6.07, 6.45) is -3.59. The summed E-state index contributed by atoms with van der Waals surface area (Å²) >= 11 is 0. The van der Waals surface area contributed by atoms with Crippen LogP contribution >= 0.6 is 0 Å². The van der Waals surface area contributed by atoms with Gasteiger partial charge in [-0.1, -0.05) is 12.1 Å². The number of carbonyl (C=O) groups excluding carboxylic acids is 1. The van der Waals surface area contributed by atoms with Gasteiger partial charge in [0, 0.05) is 8.54 Å². The number of amides is 1. The molecule has 0 aromatic heterocycles.